The van der Waals surface area contributed by atoms with Crippen molar-refractivity contribution in [1.29, 1.82) is 0 Å². The summed E-state index contributed by atoms with van der Waals surface area (Å²) in [6.07, 6.45) is 2.24. The van der Waals surface area contributed by atoms with E-state index in [1.807, 2.05) is 35.8 Å². The average molecular weight is 499 g/mol. The molecular formula is C24H26N4O4S2. The Morgan fingerprint density at radius 1 is 1.24 bits per heavy atom. The van der Waals surface area contributed by atoms with Gasteiger partial charge in [-0.1, -0.05) is 30.0 Å². The smallest absolute Gasteiger partial charge is 0.234 e. The van der Waals surface area contributed by atoms with E-state index in [2.05, 4.69) is 22.1 Å². The summed E-state index contributed by atoms with van der Waals surface area (Å²) in [7, 11) is -3.04. The summed E-state index contributed by atoms with van der Waals surface area (Å²) in [5.74, 6) is 2.09. The zero-order valence-corrected chi connectivity index (χ0v) is 20.4. The first-order chi connectivity index (χ1) is 16.3. The Balaban J connectivity index is 1.34. The molecule has 0 spiro atoms. The van der Waals surface area contributed by atoms with Crippen LogP contribution in [0.4, 0.5) is 5.69 Å². The maximum absolute atomic E-state index is 12.5. The van der Waals surface area contributed by atoms with Gasteiger partial charge in [-0.05, 0) is 55.3 Å². The van der Waals surface area contributed by atoms with Crippen LogP contribution in [-0.4, -0.2) is 46.3 Å². The number of anilines is 1. The molecule has 10 heteroatoms. The molecule has 0 saturated carbocycles. The number of nitrogens with zero attached hydrogens (tertiary/aromatic N) is 3. The van der Waals surface area contributed by atoms with E-state index in [1.165, 1.54) is 11.8 Å². The SMILES string of the molecule is C=CCn1c(SCC(=O)Nc2ccc(Oc3cccc(C)c3)cc2)nnc1C1CCS(=O)(=O)C1. The van der Waals surface area contributed by atoms with Crippen LogP contribution >= 0.6 is 11.8 Å². The van der Waals surface area contributed by atoms with Gasteiger partial charge < -0.3 is 14.6 Å². The van der Waals surface area contributed by atoms with Crippen LogP contribution in [0.2, 0.25) is 0 Å². The summed E-state index contributed by atoms with van der Waals surface area (Å²) in [5, 5.41) is 11.9. The molecule has 1 unspecified atom stereocenters. The number of sulfone groups is 1. The van der Waals surface area contributed by atoms with Gasteiger partial charge in [0.25, 0.3) is 0 Å². The van der Waals surface area contributed by atoms with Crippen LogP contribution in [0.25, 0.3) is 0 Å². The summed E-state index contributed by atoms with van der Waals surface area (Å²) < 4.78 is 31.4. The molecule has 3 aromatic rings. The van der Waals surface area contributed by atoms with Crippen molar-refractivity contribution >= 4 is 33.2 Å². The number of ether oxygens (including phenoxy) is 1. The highest BCUT2D eigenvalue weighted by Crippen LogP contribution is 2.30. The number of benzene rings is 2. The van der Waals surface area contributed by atoms with E-state index < -0.39 is 9.84 Å². The fourth-order valence-corrected chi connectivity index (χ4v) is 6.25. The van der Waals surface area contributed by atoms with E-state index >= 15 is 0 Å². The molecule has 1 aliphatic rings. The summed E-state index contributed by atoms with van der Waals surface area (Å²) in [6.45, 7) is 6.22. The fraction of sp³-hybridized carbons (Fsp3) is 0.292. The van der Waals surface area contributed by atoms with Gasteiger partial charge in [-0.25, -0.2) is 8.42 Å². The molecule has 2 aromatic carbocycles. The second-order valence-electron chi connectivity index (χ2n) is 8.12. The van der Waals surface area contributed by atoms with Gasteiger partial charge in [-0.2, -0.15) is 0 Å². The van der Waals surface area contributed by atoms with Gasteiger partial charge in [0, 0.05) is 18.2 Å². The first-order valence-electron chi connectivity index (χ1n) is 10.8. The van der Waals surface area contributed by atoms with Crippen LogP contribution in [0.1, 0.15) is 23.7 Å². The predicted octanol–water partition coefficient (Wildman–Crippen LogP) is 4.20. The Labute approximate surface area is 203 Å². The Hall–Kier alpha value is -3.11. The van der Waals surface area contributed by atoms with Crippen molar-refractivity contribution in [3.05, 3.63) is 72.6 Å². The number of hydrogen-bond acceptors (Lipinski definition) is 7. The molecule has 1 aliphatic heterocycles. The van der Waals surface area contributed by atoms with Crippen molar-refractivity contribution in [3.63, 3.8) is 0 Å². The van der Waals surface area contributed by atoms with Crippen LogP contribution in [0.5, 0.6) is 11.5 Å². The van der Waals surface area contributed by atoms with Crippen molar-refractivity contribution in [2.75, 3.05) is 22.6 Å². The van der Waals surface area contributed by atoms with E-state index in [4.69, 9.17) is 4.74 Å². The lowest BCUT2D eigenvalue weighted by molar-refractivity contribution is -0.113. The maximum atomic E-state index is 12.5. The predicted molar refractivity (Wildman–Crippen MR) is 133 cm³/mol. The highest BCUT2D eigenvalue weighted by atomic mass is 32.2. The molecule has 8 nitrogen and oxygen atoms in total. The van der Waals surface area contributed by atoms with Crippen LogP contribution in [0.15, 0.2) is 66.3 Å². The van der Waals surface area contributed by atoms with E-state index in [1.54, 1.807) is 30.3 Å². The van der Waals surface area contributed by atoms with Gasteiger partial charge in [0.05, 0.1) is 17.3 Å². The lowest BCUT2D eigenvalue weighted by Crippen LogP contribution is -2.15. The molecule has 1 aromatic heterocycles. The minimum absolute atomic E-state index is 0.0804. The molecule has 1 saturated heterocycles. The molecule has 1 N–H and O–H groups in total. The summed E-state index contributed by atoms with van der Waals surface area (Å²) in [6, 6.07) is 15.0. The minimum Gasteiger partial charge on any atom is -0.457 e. The average Bonchev–Trinajstić information content (AvgIpc) is 3.36. The summed E-state index contributed by atoms with van der Waals surface area (Å²) >= 11 is 1.26. The van der Waals surface area contributed by atoms with Gasteiger partial charge >= 0.3 is 0 Å². The second kappa shape index (κ2) is 10.4. The van der Waals surface area contributed by atoms with Crippen LogP contribution in [-0.2, 0) is 21.2 Å². The number of carbonyl (C=O) groups is 1. The highest BCUT2D eigenvalue weighted by Gasteiger charge is 2.33. The summed E-state index contributed by atoms with van der Waals surface area (Å²) in [5.41, 5.74) is 1.77. The topological polar surface area (TPSA) is 103 Å². The Morgan fingerprint density at radius 3 is 2.71 bits per heavy atom. The second-order valence-corrected chi connectivity index (χ2v) is 11.3. The van der Waals surface area contributed by atoms with Crippen LogP contribution in [0, 0.1) is 6.92 Å². The van der Waals surface area contributed by atoms with Crippen molar-refractivity contribution in [1.82, 2.24) is 14.8 Å². The zero-order chi connectivity index (χ0) is 24.1. The number of thioether (sulfide) groups is 1. The number of aromatic nitrogens is 3. The lowest BCUT2D eigenvalue weighted by atomic mass is 10.1. The zero-order valence-electron chi connectivity index (χ0n) is 18.8. The molecule has 0 radical (unpaired) electrons. The molecule has 1 amide bonds. The van der Waals surface area contributed by atoms with Crippen molar-refractivity contribution in [3.8, 4) is 11.5 Å². The van der Waals surface area contributed by atoms with E-state index in [-0.39, 0.29) is 29.1 Å². The van der Waals surface area contributed by atoms with Gasteiger partial charge in [-0.15, -0.1) is 16.8 Å². The molecule has 0 bridgehead atoms. The minimum atomic E-state index is -3.04. The van der Waals surface area contributed by atoms with Gasteiger partial charge in [0.2, 0.25) is 5.91 Å². The van der Waals surface area contributed by atoms with Crippen LogP contribution in [0.3, 0.4) is 0 Å². The molecule has 0 aliphatic carbocycles. The Morgan fingerprint density at radius 2 is 2.03 bits per heavy atom. The molecule has 2 heterocycles. The van der Waals surface area contributed by atoms with E-state index in [9.17, 15) is 13.2 Å². The molecule has 34 heavy (non-hydrogen) atoms. The Bertz CT molecular complexity index is 1290. The van der Waals surface area contributed by atoms with Gasteiger partial charge in [0.15, 0.2) is 15.0 Å². The molecule has 1 fully saturated rings. The fourth-order valence-electron chi connectivity index (χ4n) is 3.76. The normalized spacial score (nSPS) is 16.8. The highest BCUT2D eigenvalue weighted by molar-refractivity contribution is 7.99. The monoisotopic (exact) mass is 498 g/mol. The number of allylic oxidation sites excluding steroid dienone is 1. The summed E-state index contributed by atoms with van der Waals surface area (Å²) in [4.78, 5) is 12.5. The van der Waals surface area contributed by atoms with E-state index in [0.717, 1.165) is 11.3 Å². The van der Waals surface area contributed by atoms with Crippen molar-refractivity contribution in [2.24, 2.45) is 0 Å². The number of nitrogens with one attached hydrogen (secondary N) is 1. The van der Waals surface area contributed by atoms with E-state index in [0.29, 0.717) is 35.4 Å². The third-order valence-corrected chi connectivity index (χ3v) is 8.09. The molecule has 178 valence electrons. The number of hydrogen-bond donors (Lipinski definition) is 1. The molecule has 4 rings (SSSR count). The third kappa shape index (κ3) is 6.06. The number of carbonyl (C=O) groups excluding carboxylic acids is 1. The first-order valence-corrected chi connectivity index (χ1v) is 13.7. The number of aryl methyl sites for hydroxylation is 1. The Kier molecular flexibility index (Phi) is 7.38. The quantitative estimate of drug-likeness (QED) is 0.348. The maximum Gasteiger partial charge on any atom is 0.234 e. The standard InChI is InChI=1S/C24H26N4O4S2/c1-3-12-28-23(18-11-13-34(30,31)16-18)26-27-24(28)33-15-22(29)25-19-7-9-20(10-8-19)32-21-6-4-5-17(2)14-21/h3-10,14,18H,1,11-13,15-16H2,2H3,(H,25,29). The first kappa shape index (κ1) is 24.0. The van der Waals surface area contributed by atoms with Crippen LogP contribution < -0.4 is 10.1 Å². The molecule has 1 atom stereocenters. The molecular weight excluding hydrogens is 472 g/mol. The van der Waals surface area contributed by atoms with Gasteiger partial charge in [-0.3, -0.25) is 4.79 Å². The lowest BCUT2D eigenvalue weighted by Gasteiger charge is -2.11. The van der Waals surface area contributed by atoms with Gasteiger partial charge in [0.1, 0.15) is 17.3 Å². The van der Waals surface area contributed by atoms with Crippen molar-refractivity contribution < 1.29 is 17.9 Å². The largest absolute Gasteiger partial charge is 0.457 e. The third-order valence-electron chi connectivity index (χ3n) is 5.35. The number of rotatable bonds is 9. The number of amides is 1. The van der Waals surface area contributed by atoms with Crippen molar-refractivity contribution in [2.45, 2.75) is 31.0 Å².